The monoisotopic (exact) mass is 334 g/mol. The highest BCUT2D eigenvalue weighted by Gasteiger charge is 2.20. The Morgan fingerprint density at radius 1 is 1.39 bits per heavy atom. The molecule has 0 radical (unpaired) electrons. The molecule has 23 heavy (non-hydrogen) atoms. The fraction of sp³-hybridized carbons (Fsp3) is 0.556. The van der Waals surface area contributed by atoms with Gasteiger partial charge >= 0.3 is 0 Å². The molecule has 1 fully saturated rings. The van der Waals surface area contributed by atoms with Crippen molar-refractivity contribution in [1.82, 2.24) is 4.90 Å². The molecule has 0 atom stereocenters. The van der Waals surface area contributed by atoms with Gasteiger partial charge in [0.25, 0.3) is 5.91 Å². The van der Waals surface area contributed by atoms with Gasteiger partial charge in [0.15, 0.2) is 6.61 Å². The maximum Gasteiger partial charge on any atom is 0.260 e. The van der Waals surface area contributed by atoms with Crippen LogP contribution in [0.25, 0.3) is 0 Å². The summed E-state index contributed by atoms with van der Waals surface area (Å²) in [6, 6.07) is 7.66. The molecule has 0 heterocycles. The molecule has 1 aromatic carbocycles. The van der Waals surface area contributed by atoms with Gasteiger partial charge in [-0.1, -0.05) is 30.9 Å². The maximum absolute atomic E-state index is 12.0. The van der Waals surface area contributed by atoms with Crippen LogP contribution in [0.4, 0.5) is 0 Å². The fourth-order valence-electron chi connectivity index (χ4n) is 2.98. The maximum atomic E-state index is 12.0. The molecule has 0 saturated heterocycles. The molecule has 1 aromatic rings. The summed E-state index contributed by atoms with van der Waals surface area (Å²) in [5.41, 5.74) is 1.12. The number of rotatable bonds is 6. The van der Waals surface area contributed by atoms with Crippen molar-refractivity contribution in [1.29, 1.82) is 5.26 Å². The Kier molecular flexibility index (Phi) is 6.73. The number of hydrogen-bond acceptors (Lipinski definition) is 3. The van der Waals surface area contributed by atoms with E-state index in [0.717, 1.165) is 24.2 Å². The van der Waals surface area contributed by atoms with E-state index in [0.29, 0.717) is 23.9 Å². The molecule has 1 aliphatic rings. The first kappa shape index (κ1) is 17.6. The minimum atomic E-state index is -0.121. The zero-order valence-electron chi connectivity index (χ0n) is 13.6. The van der Waals surface area contributed by atoms with E-state index >= 15 is 0 Å². The van der Waals surface area contributed by atoms with Gasteiger partial charge in [0.2, 0.25) is 0 Å². The van der Waals surface area contributed by atoms with E-state index in [-0.39, 0.29) is 12.5 Å². The SMILES string of the molecule is CN(CCC#N)C(=O)COc1ccc(Cl)cc1C1CCCCC1. The Morgan fingerprint density at radius 3 is 2.83 bits per heavy atom. The predicted octanol–water partition coefficient (Wildman–Crippen LogP) is 4.14. The molecule has 0 unspecified atom stereocenters. The largest absolute Gasteiger partial charge is 0.483 e. The van der Waals surface area contributed by atoms with Gasteiger partial charge in [-0.05, 0) is 42.5 Å². The highest BCUT2D eigenvalue weighted by atomic mass is 35.5. The van der Waals surface area contributed by atoms with Gasteiger partial charge in [0, 0.05) is 18.6 Å². The van der Waals surface area contributed by atoms with Gasteiger partial charge in [-0.15, -0.1) is 0 Å². The molecule has 2 rings (SSSR count). The highest BCUT2D eigenvalue weighted by Crippen LogP contribution is 2.38. The van der Waals surface area contributed by atoms with Crippen molar-refractivity contribution in [3.05, 3.63) is 28.8 Å². The molecule has 0 aromatic heterocycles. The summed E-state index contributed by atoms with van der Waals surface area (Å²) in [7, 11) is 1.69. The predicted molar refractivity (Wildman–Crippen MR) is 90.6 cm³/mol. The van der Waals surface area contributed by atoms with E-state index in [1.807, 2.05) is 18.2 Å². The molecule has 1 aliphatic carbocycles. The third kappa shape index (κ3) is 5.14. The van der Waals surface area contributed by atoms with E-state index in [2.05, 4.69) is 0 Å². The summed E-state index contributed by atoms with van der Waals surface area (Å²) in [6.07, 6.45) is 6.37. The normalized spacial score (nSPS) is 15.0. The van der Waals surface area contributed by atoms with Crippen molar-refractivity contribution < 1.29 is 9.53 Å². The molecule has 0 bridgehead atoms. The van der Waals surface area contributed by atoms with E-state index in [9.17, 15) is 4.79 Å². The minimum absolute atomic E-state index is 0.0106. The number of carbonyl (C=O) groups is 1. The minimum Gasteiger partial charge on any atom is -0.483 e. The molecule has 0 N–H and O–H groups in total. The Balaban J connectivity index is 2.02. The van der Waals surface area contributed by atoms with Crippen molar-refractivity contribution in [3.63, 3.8) is 0 Å². The average Bonchev–Trinajstić information content (AvgIpc) is 2.59. The second-order valence-corrected chi connectivity index (χ2v) is 6.47. The van der Waals surface area contributed by atoms with Crippen LogP contribution < -0.4 is 4.74 Å². The third-order valence-electron chi connectivity index (χ3n) is 4.35. The number of nitrogens with zero attached hydrogens (tertiary/aromatic N) is 2. The van der Waals surface area contributed by atoms with Gasteiger partial charge in [-0.25, -0.2) is 0 Å². The van der Waals surface area contributed by atoms with Gasteiger partial charge in [-0.2, -0.15) is 5.26 Å². The number of amides is 1. The van der Waals surface area contributed by atoms with Crippen LogP contribution in [0.5, 0.6) is 5.75 Å². The summed E-state index contributed by atoms with van der Waals surface area (Å²) in [5.74, 6) is 1.09. The van der Waals surface area contributed by atoms with Crippen LogP contribution in [0, 0.1) is 11.3 Å². The smallest absolute Gasteiger partial charge is 0.260 e. The van der Waals surface area contributed by atoms with Crippen LogP contribution >= 0.6 is 11.6 Å². The van der Waals surface area contributed by atoms with Crippen molar-refractivity contribution in [3.8, 4) is 11.8 Å². The summed E-state index contributed by atoms with van der Waals surface area (Å²) in [4.78, 5) is 13.6. The first-order chi connectivity index (χ1) is 11.1. The van der Waals surface area contributed by atoms with Crippen molar-refractivity contribution in [2.45, 2.75) is 44.4 Å². The van der Waals surface area contributed by atoms with Gasteiger partial charge in [0.05, 0.1) is 12.5 Å². The lowest BCUT2D eigenvalue weighted by molar-refractivity contribution is -0.132. The van der Waals surface area contributed by atoms with Gasteiger partial charge < -0.3 is 9.64 Å². The lowest BCUT2D eigenvalue weighted by Gasteiger charge is -2.24. The van der Waals surface area contributed by atoms with Gasteiger partial charge in [0.1, 0.15) is 5.75 Å². The number of likely N-dealkylation sites (N-methyl/N-ethyl adjacent to an activating group) is 1. The van der Waals surface area contributed by atoms with E-state index < -0.39 is 0 Å². The standard InChI is InChI=1S/C18H23ClN2O2/c1-21(11-5-10-20)18(22)13-23-17-9-8-15(19)12-16(17)14-6-3-2-4-7-14/h8-9,12,14H,2-7,11,13H2,1H3. The molecular formula is C18H23ClN2O2. The highest BCUT2D eigenvalue weighted by molar-refractivity contribution is 6.30. The molecule has 1 saturated carbocycles. The Labute approximate surface area is 143 Å². The Hall–Kier alpha value is -1.73. The number of benzene rings is 1. The molecular weight excluding hydrogens is 312 g/mol. The summed E-state index contributed by atoms with van der Waals surface area (Å²) in [5, 5.41) is 9.28. The molecule has 4 nitrogen and oxygen atoms in total. The first-order valence-electron chi connectivity index (χ1n) is 8.15. The number of halogens is 1. The summed E-state index contributed by atoms with van der Waals surface area (Å²) >= 11 is 6.15. The topological polar surface area (TPSA) is 53.3 Å². The summed E-state index contributed by atoms with van der Waals surface area (Å²) < 4.78 is 5.78. The van der Waals surface area contributed by atoms with E-state index in [4.69, 9.17) is 21.6 Å². The number of ether oxygens (including phenoxy) is 1. The number of carbonyl (C=O) groups excluding carboxylic acids is 1. The first-order valence-corrected chi connectivity index (χ1v) is 8.52. The lowest BCUT2D eigenvalue weighted by Crippen LogP contribution is -2.32. The lowest BCUT2D eigenvalue weighted by atomic mass is 9.84. The van der Waals surface area contributed by atoms with Crippen molar-refractivity contribution in [2.24, 2.45) is 0 Å². The van der Waals surface area contributed by atoms with Crippen LogP contribution in [0.15, 0.2) is 18.2 Å². The summed E-state index contributed by atoms with van der Waals surface area (Å²) in [6.45, 7) is 0.415. The zero-order valence-corrected chi connectivity index (χ0v) is 14.3. The second-order valence-electron chi connectivity index (χ2n) is 6.03. The van der Waals surface area contributed by atoms with Crippen molar-refractivity contribution >= 4 is 17.5 Å². The van der Waals surface area contributed by atoms with Crippen LogP contribution in [0.3, 0.4) is 0 Å². The average molecular weight is 335 g/mol. The molecule has 0 aliphatic heterocycles. The molecule has 1 amide bonds. The zero-order chi connectivity index (χ0) is 16.7. The van der Waals surface area contributed by atoms with Crippen LogP contribution in [0.1, 0.15) is 50.0 Å². The molecule has 0 spiro atoms. The van der Waals surface area contributed by atoms with Crippen molar-refractivity contribution in [2.75, 3.05) is 20.2 Å². The number of hydrogen-bond donors (Lipinski definition) is 0. The fourth-order valence-corrected chi connectivity index (χ4v) is 3.16. The van der Waals surface area contributed by atoms with Crippen LogP contribution in [0.2, 0.25) is 5.02 Å². The Bertz CT molecular complexity index is 577. The van der Waals surface area contributed by atoms with Gasteiger partial charge in [-0.3, -0.25) is 4.79 Å². The van der Waals surface area contributed by atoms with Crippen LogP contribution in [-0.2, 0) is 4.79 Å². The quantitative estimate of drug-likeness (QED) is 0.785. The third-order valence-corrected chi connectivity index (χ3v) is 4.59. The molecule has 5 heteroatoms. The molecule has 124 valence electrons. The van der Waals surface area contributed by atoms with Crippen LogP contribution in [-0.4, -0.2) is 31.0 Å². The van der Waals surface area contributed by atoms with E-state index in [1.165, 1.54) is 24.2 Å². The Morgan fingerprint density at radius 2 is 2.13 bits per heavy atom. The second kappa shape index (κ2) is 8.79. The number of nitriles is 1. The van der Waals surface area contributed by atoms with E-state index in [1.54, 1.807) is 13.1 Å².